The van der Waals surface area contributed by atoms with Gasteiger partial charge in [0, 0.05) is 0 Å². The number of carbonyl (C=O) groups excluding carboxylic acids is 3. The second-order valence-corrected chi connectivity index (χ2v) is 14.1. The summed E-state index contributed by atoms with van der Waals surface area (Å²) in [5.41, 5.74) is 3.13. The number of amides is 4. The minimum absolute atomic E-state index is 0.151. The molecule has 0 aromatic heterocycles. The van der Waals surface area contributed by atoms with Crippen LogP contribution < -0.4 is 19.7 Å². The molecule has 9 nitrogen and oxygen atoms in total. The molecular weight excluding hydrogens is 664 g/mol. The summed E-state index contributed by atoms with van der Waals surface area (Å²) in [5, 5.41) is 11.5. The quantitative estimate of drug-likeness (QED) is 0.178. The van der Waals surface area contributed by atoms with Gasteiger partial charge in [0.15, 0.2) is 11.5 Å². The molecule has 47 heavy (non-hydrogen) atoms. The highest BCUT2D eigenvalue weighted by molar-refractivity contribution is 9.10. The lowest BCUT2D eigenvalue weighted by molar-refractivity contribution is -0.122. The number of benzene rings is 3. The Hall–Kier alpha value is -4.44. The number of nitrogens with zero attached hydrogens (tertiary/aromatic N) is 1. The van der Waals surface area contributed by atoms with E-state index in [1.54, 1.807) is 24.3 Å². The predicted octanol–water partition coefficient (Wildman–Crippen LogP) is 7.26. The van der Waals surface area contributed by atoms with Crippen LogP contribution in [0.4, 0.5) is 10.5 Å². The number of anilines is 1. The molecule has 242 valence electrons. The predicted molar refractivity (Wildman–Crippen MR) is 178 cm³/mol. The van der Waals surface area contributed by atoms with Crippen LogP contribution in [0.25, 0.3) is 6.08 Å². The number of rotatable bonds is 9. The summed E-state index contributed by atoms with van der Waals surface area (Å²) in [6.45, 7) is 2.30. The number of carbonyl (C=O) groups is 4. The molecule has 1 heterocycles. The molecule has 0 radical (unpaired) electrons. The van der Waals surface area contributed by atoms with Gasteiger partial charge in [-0.25, -0.2) is 14.5 Å². The molecule has 8 rings (SSSR count). The van der Waals surface area contributed by atoms with E-state index in [4.69, 9.17) is 14.6 Å². The van der Waals surface area contributed by atoms with Crippen molar-refractivity contribution in [3.05, 3.63) is 93.0 Å². The average molecular weight is 700 g/mol. The third-order valence-corrected chi connectivity index (χ3v) is 10.7. The van der Waals surface area contributed by atoms with Crippen LogP contribution in [-0.4, -0.2) is 35.5 Å². The van der Waals surface area contributed by atoms with Crippen molar-refractivity contribution in [2.24, 2.45) is 17.8 Å². The van der Waals surface area contributed by atoms with Crippen molar-refractivity contribution in [3.8, 4) is 11.5 Å². The van der Waals surface area contributed by atoms with E-state index in [1.165, 1.54) is 62.3 Å². The molecule has 4 amide bonds. The third kappa shape index (κ3) is 5.95. The zero-order chi connectivity index (χ0) is 32.9. The Kier molecular flexibility index (Phi) is 8.16. The molecule has 3 aromatic carbocycles. The maximum absolute atomic E-state index is 13.7. The molecule has 1 saturated heterocycles. The molecule has 4 saturated carbocycles. The molecule has 3 aromatic rings. The summed E-state index contributed by atoms with van der Waals surface area (Å²) in [4.78, 5) is 51.8. The first kappa shape index (κ1) is 31.2. The number of barbiturate groups is 1. The second-order valence-electron chi connectivity index (χ2n) is 13.3. The Labute approximate surface area is 281 Å². The Bertz CT molecular complexity index is 1760. The number of carboxylic acid groups (broad SMARTS) is 1. The van der Waals surface area contributed by atoms with E-state index < -0.39 is 23.8 Å². The van der Waals surface area contributed by atoms with Crippen molar-refractivity contribution in [1.29, 1.82) is 0 Å². The molecule has 10 heteroatoms. The second kappa shape index (κ2) is 12.3. The van der Waals surface area contributed by atoms with Crippen molar-refractivity contribution in [3.63, 3.8) is 0 Å². The first-order valence-electron chi connectivity index (χ1n) is 16.1. The van der Waals surface area contributed by atoms with Gasteiger partial charge in [-0.05, 0) is 144 Å². The summed E-state index contributed by atoms with van der Waals surface area (Å²) >= 11 is 3.53. The molecule has 1 aliphatic heterocycles. The maximum Gasteiger partial charge on any atom is 0.335 e. The normalized spacial score (nSPS) is 25.7. The van der Waals surface area contributed by atoms with Gasteiger partial charge in [0.2, 0.25) is 0 Å². The molecule has 4 bridgehead atoms. The first-order chi connectivity index (χ1) is 22.6. The molecule has 0 atom stereocenters. The summed E-state index contributed by atoms with van der Waals surface area (Å²) in [6, 6.07) is 16.7. The number of urea groups is 1. The topological polar surface area (TPSA) is 122 Å². The van der Waals surface area contributed by atoms with Crippen molar-refractivity contribution in [1.82, 2.24) is 5.32 Å². The van der Waals surface area contributed by atoms with Crippen LogP contribution in [0.3, 0.4) is 0 Å². The van der Waals surface area contributed by atoms with E-state index in [2.05, 4.69) is 33.4 Å². The zero-order valence-corrected chi connectivity index (χ0v) is 27.5. The average Bonchev–Trinajstić information content (AvgIpc) is 3.02. The number of hydrogen-bond acceptors (Lipinski definition) is 6. The summed E-state index contributed by atoms with van der Waals surface area (Å²) in [6.07, 6.45) is 9.13. The van der Waals surface area contributed by atoms with Gasteiger partial charge < -0.3 is 14.6 Å². The lowest BCUT2D eigenvalue weighted by atomic mass is 9.48. The largest absolute Gasteiger partial charge is 0.490 e. The van der Waals surface area contributed by atoms with Crippen molar-refractivity contribution in [2.45, 2.75) is 57.5 Å². The van der Waals surface area contributed by atoms with Crippen LogP contribution in [0.1, 0.15) is 72.5 Å². The van der Waals surface area contributed by atoms with Gasteiger partial charge in [-0.2, -0.15) is 0 Å². The molecule has 0 spiro atoms. The fraction of sp³-hybridized carbons (Fsp3) is 0.351. The van der Waals surface area contributed by atoms with E-state index in [-0.39, 0.29) is 23.2 Å². The Balaban J connectivity index is 1.12. The van der Waals surface area contributed by atoms with Gasteiger partial charge in [-0.3, -0.25) is 14.9 Å². The van der Waals surface area contributed by atoms with E-state index >= 15 is 0 Å². The monoisotopic (exact) mass is 698 g/mol. The zero-order valence-electron chi connectivity index (χ0n) is 26.0. The number of nitrogens with one attached hydrogen (secondary N) is 1. The van der Waals surface area contributed by atoms with Crippen LogP contribution in [0.5, 0.6) is 11.5 Å². The molecule has 4 aliphatic carbocycles. The minimum atomic E-state index is -1.01. The summed E-state index contributed by atoms with van der Waals surface area (Å²) < 4.78 is 12.4. The van der Waals surface area contributed by atoms with Crippen molar-refractivity contribution < 1.29 is 33.8 Å². The molecular formula is C37H35BrN2O7. The fourth-order valence-corrected chi connectivity index (χ4v) is 9.03. The van der Waals surface area contributed by atoms with E-state index in [0.29, 0.717) is 33.8 Å². The van der Waals surface area contributed by atoms with Gasteiger partial charge in [0.1, 0.15) is 12.2 Å². The van der Waals surface area contributed by atoms with E-state index in [9.17, 15) is 19.2 Å². The van der Waals surface area contributed by atoms with Crippen molar-refractivity contribution >= 4 is 51.5 Å². The molecule has 2 N–H and O–H groups in total. The standard InChI is InChI=1S/C37H35BrN2O7/c1-2-46-31-16-22(15-30(38)32(31)47-20-21-3-5-26(6-4-21)35(43)44)14-29-33(41)39-36(45)40(34(29)42)28-9-7-27(8-10-28)37-17-23-11-24(18-37)13-25(12-23)19-37/h3-10,14-16,23-25H,2,11-13,17-20H2,1H3,(H,43,44)(H,39,41,45)/b29-14+. The summed E-state index contributed by atoms with van der Waals surface area (Å²) in [5.74, 6) is 0.703. The number of ether oxygens (including phenoxy) is 2. The molecule has 5 fully saturated rings. The number of aromatic carboxylic acids is 1. The molecule has 5 aliphatic rings. The maximum atomic E-state index is 13.7. The first-order valence-corrected chi connectivity index (χ1v) is 16.8. The van der Waals surface area contributed by atoms with Crippen LogP contribution in [0.15, 0.2) is 70.7 Å². The highest BCUT2D eigenvalue weighted by Crippen LogP contribution is 2.60. The van der Waals surface area contributed by atoms with Gasteiger partial charge in [-0.15, -0.1) is 0 Å². The van der Waals surface area contributed by atoms with Crippen LogP contribution in [0.2, 0.25) is 0 Å². The highest BCUT2D eigenvalue weighted by Gasteiger charge is 2.51. The Morgan fingerprint density at radius 2 is 1.60 bits per heavy atom. The van der Waals surface area contributed by atoms with E-state index in [1.807, 2.05) is 19.1 Å². The fourth-order valence-electron chi connectivity index (χ4n) is 8.46. The Morgan fingerprint density at radius 1 is 0.957 bits per heavy atom. The number of carboxylic acids is 1. The van der Waals surface area contributed by atoms with Crippen LogP contribution >= 0.6 is 15.9 Å². The minimum Gasteiger partial charge on any atom is -0.490 e. The summed E-state index contributed by atoms with van der Waals surface area (Å²) in [7, 11) is 0. The van der Waals surface area contributed by atoms with Crippen molar-refractivity contribution in [2.75, 3.05) is 11.5 Å². The van der Waals surface area contributed by atoms with Gasteiger partial charge in [0.05, 0.1) is 22.3 Å². The number of imide groups is 2. The van der Waals surface area contributed by atoms with E-state index in [0.717, 1.165) is 28.2 Å². The van der Waals surface area contributed by atoms with Gasteiger partial charge in [0.25, 0.3) is 11.8 Å². The lowest BCUT2D eigenvalue weighted by Gasteiger charge is -2.57. The molecule has 0 unspecified atom stereocenters. The number of halogens is 1. The highest BCUT2D eigenvalue weighted by atomic mass is 79.9. The van der Waals surface area contributed by atoms with Gasteiger partial charge in [-0.1, -0.05) is 24.3 Å². The smallest absolute Gasteiger partial charge is 0.335 e. The third-order valence-electron chi connectivity index (χ3n) is 10.1. The lowest BCUT2D eigenvalue weighted by Crippen LogP contribution is -2.54. The SMILES string of the molecule is CCOc1cc(/C=C2\C(=O)NC(=O)N(c3ccc(C45CC6CC(CC(C6)C4)C5)cc3)C2=O)cc(Br)c1OCc1ccc(C(=O)O)cc1. The van der Waals surface area contributed by atoms with Crippen LogP contribution in [-0.2, 0) is 21.6 Å². The Morgan fingerprint density at radius 3 is 2.19 bits per heavy atom. The van der Waals surface area contributed by atoms with Crippen LogP contribution in [0, 0.1) is 17.8 Å². The number of hydrogen-bond donors (Lipinski definition) is 2. The van der Waals surface area contributed by atoms with Gasteiger partial charge >= 0.3 is 12.0 Å².